The number of carboxylic acid groups (broad SMARTS) is 1. The summed E-state index contributed by atoms with van der Waals surface area (Å²) in [5.74, 6) is 1.13. The van der Waals surface area contributed by atoms with Crippen LogP contribution in [0, 0.1) is 0 Å². The van der Waals surface area contributed by atoms with Gasteiger partial charge in [-0.2, -0.15) is 0 Å². The van der Waals surface area contributed by atoms with Crippen LogP contribution in [0.3, 0.4) is 0 Å². The van der Waals surface area contributed by atoms with Crippen molar-refractivity contribution in [1.82, 2.24) is 4.90 Å². The molecule has 0 aromatic heterocycles. The fraction of sp³-hybridized carbons (Fsp3) is 0.696. The quantitative estimate of drug-likeness (QED) is 0.531. The Bertz CT molecular complexity index is 658. The number of hydrogen-bond acceptors (Lipinski definition) is 4. The van der Waals surface area contributed by atoms with Gasteiger partial charge >= 0.3 is 5.97 Å². The van der Waals surface area contributed by atoms with Crippen molar-refractivity contribution in [2.75, 3.05) is 26.3 Å². The Morgan fingerprint density at radius 1 is 1.21 bits per heavy atom. The fourth-order valence-corrected chi connectivity index (χ4v) is 4.61. The van der Waals surface area contributed by atoms with Crippen molar-refractivity contribution in [2.24, 2.45) is 0 Å². The van der Waals surface area contributed by atoms with Crippen LogP contribution in [0.2, 0.25) is 0 Å². The number of carbonyl (C=O) groups is 1. The van der Waals surface area contributed by atoms with Gasteiger partial charge in [0.25, 0.3) is 0 Å². The molecule has 5 nitrogen and oxygen atoms in total. The zero-order valence-corrected chi connectivity index (χ0v) is 18.6. The Labute approximate surface area is 181 Å². The average molecular weight is 426 g/mol. The van der Waals surface area contributed by atoms with E-state index in [9.17, 15) is 9.90 Å². The predicted octanol–water partition coefficient (Wildman–Crippen LogP) is 5.05. The van der Waals surface area contributed by atoms with Gasteiger partial charge in [0.1, 0.15) is 17.5 Å². The molecule has 1 aromatic rings. The average Bonchev–Trinajstić information content (AvgIpc) is 3.04. The highest BCUT2D eigenvalue weighted by atomic mass is 35.5. The number of ether oxygens (including phenoxy) is 2. The molecule has 2 aliphatic heterocycles. The minimum absolute atomic E-state index is 0. The number of carboxylic acids is 1. The maximum Gasteiger partial charge on any atom is 0.320 e. The van der Waals surface area contributed by atoms with E-state index in [0.717, 1.165) is 50.5 Å². The molecular weight excluding hydrogens is 390 g/mol. The Kier molecular flexibility index (Phi) is 9.09. The zero-order chi connectivity index (χ0) is 20.0. The van der Waals surface area contributed by atoms with Gasteiger partial charge in [-0.3, -0.25) is 9.69 Å². The second-order valence-electron chi connectivity index (χ2n) is 8.29. The maximum atomic E-state index is 11.5. The van der Waals surface area contributed by atoms with E-state index in [4.69, 9.17) is 9.47 Å². The number of benzene rings is 1. The van der Waals surface area contributed by atoms with Crippen molar-refractivity contribution in [1.29, 1.82) is 0 Å². The number of hydrogen-bond donors (Lipinski definition) is 1. The summed E-state index contributed by atoms with van der Waals surface area (Å²) >= 11 is 0. The lowest BCUT2D eigenvalue weighted by Crippen LogP contribution is -2.50. The van der Waals surface area contributed by atoms with E-state index in [0.29, 0.717) is 13.0 Å². The van der Waals surface area contributed by atoms with E-state index in [-0.39, 0.29) is 23.9 Å². The summed E-state index contributed by atoms with van der Waals surface area (Å²) in [6.07, 6.45) is 8.71. The molecule has 164 valence electrons. The Morgan fingerprint density at radius 2 is 1.93 bits per heavy atom. The van der Waals surface area contributed by atoms with Gasteiger partial charge in [0.2, 0.25) is 0 Å². The Morgan fingerprint density at radius 3 is 2.59 bits per heavy atom. The van der Waals surface area contributed by atoms with Crippen LogP contribution in [-0.2, 0) is 10.2 Å². The molecule has 6 heteroatoms. The second-order valence-corrected chi connectivity index (χ2v) is 8.29. The monoisotopic (exact) mass is 425 g/mol. The van der Waals surface area contributed by atoms with Crippen molar-refractivity contribution >= 4 is 18.4 Å². The van der Waals surface area contributed by atoms with Gasteiger partial charge in [0, 0.05) is 17.0 Å². The van der Waals surface area contributed by atoms with Gasteiger partial charge in [-0.1, -0.05) is 45.6 Å². The molecule has 0 radical (unpaired) electrons. The molecule has 1 saturated heterocycles. The van der Waals surface area contributed by atoms with E-state index in [2.05, 4.69) is 24.0 Å². The topological polar surface area (TPSA) is 59.0 Å². The SMILES string of the molecule is CCCCCCCOc1ccc2c(c1)OCC21CCN(C(CC)C(=O)O)CC1.Cl. The molecule has 0 bridgehead atoms. The largest absolute Gasteiger partial charge is 0.493 e. The number of halogens is 1. The number of aliphatic carboxylic acids is 1. The predicted molar refractivity (Wildman–Crippen MR) is 118 cm³/mol. The van der Waals surface area contributed by atoms with Crippen molar-refractivity contribution in [3.05, 3.63) is 23.8 Å². The fourth-order valence-electron chi connectivity index (χ4n) is 4.61. The lowest BCUT2D eigenvalue weighted by Gasteiger charge is -2.40. The van der Waals surface area contributed by atoms with Crippen LogP contribution in [0.25, 0.3) is 0 Å². The van der Waals surface area contributed by atoms with Crippen molar-refractivity contribution in [3.8, 4) is 11.5 Å². The number of rotatable bonds is 10. The van der Waals surface area contributed by atoms with Crippen LogP contribution in [0.5, 0.6) is 11.5 Å². The van der Waals surface area contributed by atoms with Gasteiger partial charge in [-0.15, -0.1) is 12.4 Å². The highest BCUT2D eigenvalue weighted by molar-refractivity contribution is 5.85. The van der Waals surface area contributed by atoms with Gasteiger partial charge in [-0.05, 0) is 44.8 Å². The van der Waals surface area contributed by atoms with Crippen LogP contribution in [0.4, 0.5) is 0 Å². The van der Waals surface area contributed by atoms with Crippen molar-refractivity contribution in [2.45, 2.75) is 76.7 Å². The summed E-state index contributed by atoms with van der Waals surface area (Å²) < 4.78 is 12.0. The van der Waals surface area contributed by atoms with E-state index in [1.54, 1.807) is 0 Å². The molecule has 1 unspecified atom stereocenters. The van der Waals surface area contributed by atoms with Crippen LogP contribution < -0.4 is 9.47 Å². The summed E-state index contributed by atoms with van der Waals surface area (Å²) in [4.78, 5) is 13.6. The Hall–Kier alpha value is -1.46. The van der Waals surface area contributed by atoms with E-state index < -0.39 is 5.97 Å². The van der Waals surface area contributed by atoms with Gasteiger partial charge in [0.05, 0.1) is 13.2 Å². The third-order valence-electron chi connectivity index (χ3n) is 6.41. The highest BCUT2D eigenvalue weighted by Crippen LogP contribution is 2.47. The minimum Gasteiger partial charge on any atom is -0.493 e. The van der Waals surface area contributed by atoms with Crippen LogP contribution in [0.15, 0.2) is 18.2 Å². The molecule has 29 heavy (non-hydrogen) atoms. The number of nitrogens with zero attached hydrogens (tertiary/aromatic N) is 1. The third kappa shape index (κ3) is 5.58. The smallest absolute Gasteiger partial charge is 0.320 e. The number of piperidine rings is 1. The third-order valence-corrected chi connectivity index (χ3v) is 6.41. The molecule has 1 spiro atoms. The van der Waals surface area contributed by atoms with Crippen LogP contribution in [-0.4, -0.2) is 48.3 Å². The van der Waals surface area contributed by atoms with E-state index in [1.165, 1.54) is 31.2 Å². The van der Waals surface area contributed by atoms with Crippen LogP contribution >= 0.6 is 12.4 Å². The van der Waals surface area contributed by atoms with Gasteiger partial charge in [-0.25, -0.2) is 0 Å². The molecule has 0 amide bonds. The zero-order valence-electron chi connectivity index (χ0n) is 17.8. The first kappa shape index (κ1) is 23.8. The molecule has 1 aromatic carbocycles. The lowest BCUT2D eigenvalue weighted by molar-refractivity contribution is -0.144. The molecular formula is C23H36ClNO4. The molecule has 2 aliphatic rings. The molecule has 1 fully saturated rings. The van der Waals surface area contributed by atoms with E-state index in [1.807, 2.05) is 13.0 Å². The lowest BCUT2D eigenvalue weighted by atomic mass is 9.74. The number of likely N-dealkylation sites (tertiary alicyclic amines) is 1. The van der Waals surface area contributed by atoms with Crippen LogP contribution in [0.1, 0.15) is 70.8 Å². The van der Waals surface area contributed by atoms with Crippen molar-refractivity contribution < 1.29 is 19.4 Å². The maximum absolute atomic E-state index is 11.5. The second kappa shape index (κ2) is 11.1. The summed E-state index contributed by atoms with van der Waals surface area (Å²) in [5.41, 5.74) is 1.30. The normalized spacial score (nSPS) is 18.6. The first-order valence-corrected chi connectivity index (χ1v) is 11.0. The number of fused-ring (bicyclic) bond motifs is 2. The van der Waals surface area contributed by atoms with Gasteiger partial charge in [0.15, 0.2) is 0 Å². The summed E-state index contributed by atoms with van der Waals surface area (Å²) in [7, 11) is 0. The summed E-state index contributed by atoms with van der Waals surface area (Å²) in [5, 5.41) is 9.42. The summed E-state index contributed by atoms with van der Waals surface area (Å²) in [6, 6.07) is 5.90. The highest BCUT2D eigenvalue weighted by Gasteiger charge is 2.44. The summed E-state index contributed by atoms with van der Waals surface area (Å²) in [6.45, 7) is 7.25. The van der Waals surface area contributed by atoms with Crippen molar-refractivity contribution in [3.63, 3.8) is 0 Å². The first-order valence-electron chi connectivity index (χ1n) is 11.0. The standard InChI is InChI=1S/C23H35NO4.ClH/c1-3-5-6-7-8-15-27-18-9-10-19-21(16-18)28-17-23(19)11-13-24(14-12-23)20(4-2)22(25)26;/h9-10,16,20H,3-8,11-15,17H2,1-2H3,(H,25,26);1H. The molecule has 2 heterocycles. The molecule has 0 saturated carbocycles. The molecule has 3 rings (SSSR count). The van der Waals surface area contributed by atoms with Gasteiger partial charge < -0.3 is 14.6 Å². The first-order chi connectivity index (χ1) is 13.6. The molecule has 1 N–H and O–H groups in total. The Balaban J connectivity index is 0.00000300. The number of unbranched alkanes of at least 4 members (excludes halogenated alkanes) is 4. The molecule has 1 atom stereocenters. The minimum atomic E-state index is -0.710. The van der Waals surface area contributed by atoms with E-state index >= 15 is 0 Å². The molecule has 0 aliphatic carbocycles.